The summed E-state index contributed by atoms with van der Waals surface area (Å²) in [7, 11) is 0. The molecular formula is C14H16N2OS. The molecule has 1 heterocycles. The zero-order valence-corrected chi connectivity index (χ0v) is 11.4. The fourth-order valence-electron chi connectivity index (χ4n) is 2.08. The van der Waals surface area contributed by atoms with Crippen LogP contribution >= 0.6 is 12.6 Å². The Morgan fingerprint density at radius 3 is 2.72 bits per heavy atom. The molecule has 2 rings (SSSR count). The van der Waals surface area contributed by atoms with Gasteiger partial charge in [0, 0.05) is 30.4 Å². The van der Waals surface area contributed by atoms with E-state index >= 15 is 0 Å². The quantitative estimate of drug-likeness (QED) is 0.847. The first-order valence-electron chi connectivity index (χ1n) is 6.05. The van der Waals surface area contributed by atoms with Crippen LogP contribution in [0.1, 0.15) is 24.7 Å². The summed E-state index contributed by atoms with van der Waals surface area (Å²) < 4.78 is 5.52. The van der Waals surface area contributed by atoms with E-state index in [1.165, 1.54) is 6.26 Å². The normalized spacial score (nSPS) is 17.2. The fourth-order valence-corrected chi connectivity index (χ4v) is 2.41. The van der Waals surface area contributed by atoms with Crippen LogP contribution in [0.2, 0.25) is 0 Å². The standard InChI is InChI=1S/C14H16N2OS/c1-3-16(4-2)11-5-6-12-13(7-11)17-9-10(8-15)14(12)18/h5-7,9,14,18H,3-4H2,1-2H3. The molecule has 1 unspecified atom stereocenters. The highest BCUT2D eigenvalue weighted by Crippen LogP contribution is 2.40. The molecule has 18 heavy (non-hydrogen) atoms. The summed E-state index contributed by atoms with van der Waals surface area (Å²) in [4.78, 5) is 2.25. The number of nitrogens with zero attached hydrogens (tertiary/aromatic N) is 2. The average Bonchev–Trinajstić information content (AvgIpc) is 2.40. The van der Waals surface area contributed by atoms with Gasteiger partial charge in [0.1, 0.15) is 12.0 Å². The molecule has 1 aromatic rings. The van der Waals surface area contributed by atoms with Crippen molar-refractivity contribution in [3.63, 3.8) is 0 Å². The van der Waals surface area contributed by atoms with E-state index in [2.05, 4.69) is 43.5 Å². The predicted octanol–water partition coefficient (Wildman–Crippen LogP) is 3.30. The maximum atomic E-state index is 8.95. The minimum absolute atomic E-state index is 0.190. The van der Waals surface area contributed by atoms with Crippen molar-refractivity contribution in [1.82, 2.24) is 0 Å². The number of thiol groups is 1. The SMILES string of the molecule is CCN(CC)c1ccc2c(c1)OC=C(C#N)C2S. The number of anilines is 1. The molecule has 0 aliphatic carbocycles. The van der Waals surface area contributed by atoms with Crippen molar-refractivity contribution >= 4 is 18.3 Å². The topological polar surface area (TPSA) is 36.3 Å². The van der Waals surface area contributed by atoms with E-state index in [0.717, 1.165) is 30.1 Å². The molecule has 1 aromatic carbocycles. The van der Waals surface area contributed by atoms with Crippen molar-refractivity contribution in [3.8, 4) is 11.8 Å². The Balaban J connectivity index is 2.36. The Morgan fingerprint density at radius 1 is 1.39 bits per heavy atom. The summed E-state index contributed by atoms with van der Waals surface area (Å²) in [5.41, 5.74) is 2.63. The predicted molar refractivity (Wildman–Crippen MR) is 76.1 cm³/mol. The Kier molecular flexibility index (Phi) is 3.83. The Hall–Kier alpha value is -1.60. The van der Waals surface area contributed by atoms with E-state index in [9.17, 15) is 0 Å². The van der Waals surface area contributed by atoms with Gasteiger partial charge in [-0.15, -0.1) is 0 Å². The molecule has 0 aromatic heterocycles. The van der Waals surface area contributed by atoms with Crippen LogP contribution in [-0.2, 0) is 0 Å². The summed E-state index contributed by atoms with van der Waals surface area (Å²) in [5, 5.41) is 8.76. The van der Waals surface area contributed by atoms with Crippen molar-refractivity contribution in [2.45, 2.75) is 19.1 Å². The molecule has 0 saturated carbocycles. The lowest BCUT2D eigenvalue weighted by Gasteiger charge is -2.25. The second-order valence-electron chi connectivity index (χ2n) is 4.10. The van der Waals surface area contributed by atoms with Crippen LogP contribution in [0.4, 0.5) is 5.69 Å². The first-order chi connectivity index (χ1) is 8.71. The van der Waals surface area contributed by atoms with Crippen molar-refractivity contribution in [2.75, 3.05) is 18.0 Å². The summed E-state index contributed by atoms with van der Waals surface area (Å²) in [6, 6.07) is 8.16. The largest absolute Gasteiger partial charge is 0.463 e. The summed E-state index contributed by atoms with van der Waals surface area (Å²) in [6.07, 6.45) is 1.49. The van der Waals surface area contributed by atoms with Crippen molar-refractivity contribution in [2.24, 2.45) is 0 Å². The number of hydrogen-bond acceptors (Lipinski definition) is 4. The Bertz CT molecular complexity index is 515. The van der Waals surface area contributed by atoms with Crippen LogP contribution < -0.4 is 9.64 Å². The van der Waals surface area contributed by atoms with E-state index in [-0.39, 0.29) is 5.25 Å². The molecule has 94 valence electrons. The van der Waals surface area contributed by atoms with Gasteiger partial charge >= 0.3 is 0 Å². The van der Waals surface area contributed by atoms with Gasteiger partial charge in [0.25, 0.3) is 0 Å². The van der Waals surface area contributed by atoms with E-state index < -0.39 is 0 Å². The summed E-state index contributed by atoms with van der Waals surface area (Å²) in [6.45, 7) is 6.16. The third-order valence-electron chi connectivity index (χ3n) is 3.16. The lowest BCUT2D eigenvalue weighted by Crippen LogP contribution is -2.22. The first kappa shape index (κ1) is 12.8. The van der Waals surface area contributed by atoms with Gasteiger partial charge < -0.3 is 9.64 Å². The lowest BCUT2D eigenvalue weighted by molar-refractivity contribution is 0.459. The molecular weight excluding hydrogens is 244 g/mol. The van der Waals surface area contributed by atoms with E-state index in [1.807, 2.05) is 12.1 Å². The van der Waals surface area contributed by atoms with Gasteiger partial charge in [0.15, 0.2) is 0 Å². The number of ether oxygens (including phenoxy) is 1. The molecule has 0 N–H and O–H groups in total. The lowest BCUT2D eigenvalue weighted by atomic mass is 10.0. The molecule has 1 atom stereocenters. The molecule has 0 bridgehead atoms. The second-order valence-corrected chi connectivity index (χ2v) is 4.62. The number of benzene rings is 1. The van der Waals surface area contributed by atoms with Gasteiger partial charge in [-0.2, -0.15) is 17.9 Å². The van der Waals surface area contributed by atoms with E-state index in [0.29, 0.717) is 5.57 Å². The molecule has 0 spiro atoms. The van der Waals surface area contributed by atoms with Crippen molar-refractivity contribution in [3.05, 3.63) is 35.6 Å². The smallest absolute Gasteiger partial charge is 0.133 e. The molecule has 0 radical (unpaired) electrons. The molecule has 0 fully saturated rings. The first-order valence-corrected chi connectivity index (χ1v) is 6.56. The van der Waals surface area contributed by atoms with Gasteiger partial charge in [-0.1, -0.05) is 6.07 Å². The van der Waals surface area contributed by atoms with Crippen LogP contribution in [-0.4, -0.2) is 13.1 Å². The number of nitriles is 1. The van der Waals surface area contributed by atoms with Crippen LogP contribution in [0.15, 0.2) is 30.0 Å². The highest BCUT2D eigenvalue weighted by Gasteiger charge is 2.22. The Morgan fingerprint density at radius 2 is 2.11 bits per heavy atom. The average molecular weight is 260 g/mol. The monoisotopic (exact) mass is 260 g/mol. The zero-order valence-electron chi connectivity index (χ0n) is 10.6. The maximum absolute atomic E-state index is 8.95. The molecule has 3 nitrogen and oxygen atoms in total. The number of rotatable bonds is 3. The second kappa shape index (κ2) is 5.36. The van der Waals surface area contributed by atoms with Crippen LogP contribution in [0, 0.1) is 11.3 Å². The van der Waals surface area contributed by atoms with Crippen molar-refractivity contribution < 1.29 is 4.74 Å². The van der Waals surface area contributed by atoms with Gasteiger partial charge in [-0.3, -0.25) is 0 Å². The molecule has 1 aliphatic heterocycles. The van der Waals surface area contributed by atoms with Crippen LogP contribution in [0.25, 0.3) is 0 Å². The van der Waals surface area contributed by atoms with Crippen LogP contribution in [0.3, 0.4) is 0 Å². The third kappa shape index (κ3) is 2.19. The summed E-state index contributed by atoms with van der Waals surface area (Å²) in [5.74, 6) is 0.790. The maximum Gasteiger partial charge on any atom is 0.133 e. The Labute approximate surface area is 113 Å². The zero-order chi connectivity index (χ0) is 13.1. The van der Waals surface area contributed by atoms with Gasteiger partial charge in [0.2, 0.25) is 0 Å². The van der Waals surface area contributed by atoms with Crippen LogP contribution in [0.5, 0.6) is 5.75 Å². The molecule has 4 heteroatoms. The van der Waals surface area contributed by atoms with Gasteiger partial charge in [0.05, 0.1) is 16.9 Å². The highest BCUT2D eigenvalue weighted by atomic mass is 32.1. The summed E-state index contributed by atoms with van der Waals surface area (Å²) >= 11 is 4.46. The van der Waals surface area contributed by atoms with Gasteiger partial charge in [-0.05, 0) is 19.9 Å². The van der Waals surface area contributed by atoms with Gasteiger partial charge in [-0.25, -0.2) is 0 Å². The van der Waals surface area contributed by atoms with Crippen molar-refractivity contribution in [1.29, 1.82) is 5.26 Å². The third-order valence-corrected chi connectivity index (χ3v) is 3.71. The fraction of sp³-hybridized carbons (Fsp3) is 0.357. The highest BCUT2D eigenvalue weighted by molar-refractivity contribution is 7.80. The minimum Gasteiger partial charge on any atom is -0.463 e. The molecule has 0 amide bonds. The minimum atomic E-state index is -0.190. The molecule has 1 aliphatic rings. The van der Waals surface area contributed by atoms with E-state index in [1.54, 1.807) is 0 Å². The number of fused-ring (bicyclic) bond motifs is 1. The number of hydrogen-bond donors (Lipinski definition) is 1. The van der Waals surface area contributed by atoms with E-state index in [4.69, 9.17) is 10.00 Å². The molecule has 0 saturated heterocycles.